The monoisotopic (exact) mass is 356 g/mol. The second kappa shape index (κ2) is 8.59. The van der Waals surface area contributed by atoms with Gasteiger partial charge in [-0.3, -0.25) is 0 Å². The first-order chi connectivity index (χ1) is 13.1. The molecule has 0 aromatic heterocycles. The number of aliphatic hydroxyl groups is 3. The summed E-state index contributed by atoms with van der Waals surface area (Å²) in [5, 5.41) is 31.7. The number of allylic oxidation sites excluding steroid dienone is 3. The van der Waals surface area contributed by atoms with E-state index in [2.05, 4.69) is 0 Å². The van der Waals surface area contributed by atoms with Crippen molar-refractivity contribution >= 4 is 17.3 Å². The smallest absolute Gasteiger partial charge is 0.130 e. The van der Waals surface area contributed by atoms with E-state index in [9.17, 15) is 15.3 Å². The molecule has 27 heavy (non-hydrogen) atoms. The minimum absolute atomic E-state index is 0.00908. The van der Waals surface area contributed by atoms with E-state index in [0.717, 1.165) is 0 Å². The van der Waals surface area contributed by atoms with Crippen LogP contribution >= 0.6 is 0 Å². The molecule has 3 N–H and O–H groups in total. The van der Waals surface area contributed by atoms with Crippen LogP contribution in [-0.4, -0.2) is 15.3 Å². The van der Waals surface area contributed by atoms with Crippen LogP contribution in [0.2, 0.25) is 0 Å². The molecule has 0 fully saturated rings. The number of hydrogen-bond donors (Lipinski definition) is 3. The van der Waals surface area contributed by atoms with Gasteiger partial charge in [-0.15, -0.1) is 0 Å². The summed E-state index contributed by atoms with van der Waals surface area (Å²) in [7, 11) is 0. The van der Waals surface area contributed by atoms with Gasteiger partial charge in [0.15, 0.2) is 0 Å². The Kier molecular flexibility index (Phi) is 5.75. The molecule has 3 rings (SSSR count). The molecule has 0 radical (unpaired) electrons. The standard InChI is InChI=1S/C24H20O3/c25-22(18-10-4-1-5-11-18)16-21(24(27)20-14-8-3-9-15-20)17-23(26)19-12-6-2-7-13-19/h1-17,25-27H/b22-16-,23-17-. The highest BCUT2D eigenvalue weighted by Crippen LogP contribution is 2.24. The number of aliphatic hydroxyl groups excluding tert-OH is 3. The van der Waals surface area contributed by atoms with E-state index in [1.54, 1.807) is 36.4 Å². The molecule has 0 saturated heterocycles. The molecule has 134 valence electrons. The molecule has 0 aliphatic heterocycles. The van der Waals surface area contributed by atoms with Crippen molar-refractivity contribution in [2.24, 2.45) is 0 Å². The third-order valence-electron chi connectivity index (χ3n) is 4.04. The Hall–Kier alpha value is -3.72. The molecule has 0 unspecified atom stereocenters. The van der Waals surface area contributed by atoms with Crippen molar-refractivity contribution < 1.29 is 15.3 Å². The third-order valence-corrected chi connectivity index (χ3v) is 4.04. The summed E-state index contributed by atoms with van der Waals surface area (Å²) in [5.74, 6) is -0.0593. The first-order valence-electron chi connectivity index (χ1n) is 8.56. The third kappa shape index (κ3) is 4.67. The highest BCUT2D eigenvalue weighted by Gasteiger charge is 2.09. The number of benzene rings is 3. The second-order valence-corrected chi connectivity index (χ2v) is 5.96. The van der Waals surface area contributed by atoms with E-state index in [0.29, 0.717) is 22.3 Å². The van der Waals surface area contributed by atoms with E-state index < -0.39 is 0 Å². The van der Waals surface area contributed by atoms with Gasteiger partial charge in [0, 0.05) is 22.3 Å². The molecular formula is C24H20O3. The van der Waals surface area contributed by atoms with E-state index in [1.807, 2.05) is 54.6 Å². The van der Waals surface area contributed by atoms with Crippen molar-refractivity contribution in [3.63, 3.8) is 0 Å². The van der Waals surface area contributed by atoms with Gasteiger partial charge in [0.2, 0.25) is 0 Å². The van der Waals surface area contributed by atoms with Gasteiger partial charge in [0.1, 0.15) is 17.3 Å². The van der Waals surface area contributed by atoms with Gasteiger partial charge in [-0.2, -0.15) is 0 Å². The molecule has 3 heteroatoms. The lowest BCUT2D eigenvalue weighted by molar-refractivity contribution is 0.500. The largest absolute Gasteiger partial charge is 0.507 e. The Bertz CT molecular complexity index is 912. The van der Waals surface area contributed by atoms with Gasteiger partial charge in [-0.05, 0) is 12.2 Å². The zero-order chi connectivity index (χ0) is 19.1. The molecule has 0 amide bonds. The second-order valence-electron chi connectivity index (χ2n) is 5.96. The number of rotatable bonds is 5. The Morgan fingerprint density at radius 1 is 0.481 bits per heavy atom. The maximum Gasteiger partial charge on any atom is 0.130 e. The quantitative estimate of drug-likeness (QED) is 0.379. The molecule has 0 saturated carbocycles. The molecular weight excluding hydrogens is 336 g/mol. The lowest BCUT2D eigenvalue weighted by Gasteiger charge is -2.07. The fraction of sp³-hybridized carbons (Fsp3) is 0. The van der Waals surface area contributed by atoms with Crippen molar-refractivity contribution in [3.8, 4) is 0 Å². The van der Waals surface area contributed by atoms with Crippen LogP contribution in [0, 0.1) is 0 Å². The van der Waals surface area contributed by atoms with E-state index in [4.69, 9.17) is 0 Å². The highest BCUT2D eigenvalue weighted by atomic mass is 16.3. The molecule has 0 aliphatic carbocycles. The summed E-state index contributed by atoms with van der Waals surface area (Å²) >= 11 is 0. The predicted molar refractivity (Wildman–Crippen MR) is 110 cm³/mol. The maximum atomic E-state index is 10.7. The summed E-state index contributed by atoms with van der Waals surface area (Å²) < 4.78 is 0. The summed E-state index contributed by atoms with van der Waals surface area (Å²) in [6.07, 6.45) is 2.88. The van der Waals surface area contributed by atoms with Crippen molar-refractivity contribution in [1.29, 1.82) is 0 Å². The molecule has 0 heterocycles. The topological polar surface area (TPSA) is 60.7 Å². The Morgan fingerprint density at radius 2 is 0.815 bits per heavy atom. The van der Waals surface area contributed by atoms with Gasteiger partial charge < -0.3 is 15.3 Å². The molecule has 3 aromatic carbocycles. The van der Waals surface area contributed by atoms with Gasteiger partial charge >= 0.3 is 0 Å². The molecule has 3 nitrogen and oxygen atoms in total. The molecule has 0 atom stereocenters. The average Bonchev–Trinajstić information content (AvgIpc) is 2.74. The normalized spacial score (nSPS) is 11.9. The Morgan fingerprint density at radius 3 is 1.19 bits per heavy atom. The molecule has 3 aromatic rings. The van der Waals surface area contributed by atoms with Gasteiger partial charge in [-0.25, -0.2) is 0 Å². The maximum absolute atomic E-state index is 10.7. The predicted octanol–water partition coefficient (Wildman–Crippen LogP) is 6.15. The molecule has 0 aliphatic rings. The summed E-state index contributed by atoms with van der Waals surface area (Å²) in [5.41, 5.74) is 2.11. The lowest BCUT2D eigenvalue weighted by Crippen LogP contribution is -1.92. The van der Waals surface area contributed by atoms with Crippen LogP contribution in [0.5, 0.6) is 0 Å². The van der Waals surface area contributed by atoms with E-state index >= 15 is 0 Å². The average molecular weight is 356 g/mol. The van der Waals surface area contributed by atoms with Crippen LogP contribution in [0.4, 0.5) is 0 Å². The minimum atomic E-state index is -0.0411. The van der Waals surface area contributed by atoms with Crippen LogP contribution in [0.15, 0.2) is 109 Å². The lowest BCUT2D eigenvalue weighted by atomic mass is 10.0. The number of hydrogen-bond acceptors (Lipinski definition) is 3. The zero-order valence-electron chi connectivity index (χ0n) is 14.7. The highest BCUT2D eigenvalue weighted by molar-refractivity contribution is 5.76. The van der Waals surface area contributed by atoms with Crippen LogP contribution < -0.4 is 0 Å². The Balaban J connectivity index is 2.10. The van der Waals surface area contributed by atoms with Gasteiger partial charge in [-0.1, -0.05) is 91.0 Å². The van der Waals surface area contributed by atoms with Gasteiger partial charge in [0.05, 0.1) is 0 Å². The zero-order valence-corrected chi connectivity index (χ0v) is 14.7. The van der Waals surface area contributed by atoms with Crippen molar-refractivity contribution in [3.05, 3.63) is 125 Å². The minimum Gasteiger partial charge on any atom is -0.507 e. The summed E-state index contributed by atoms with van der Waals surface area (Å²) in [6.45, 7) is 0. The van der Waals surface area contributed by atoms with Crippen molar-refractivity contribution in [2.75, 3.05) is 0 Å². The van der Waals surface area contributed by atoms with Crippen LogP contribution in [0.1, 0.15) is 16.7 Å². The SMILES string of the molecule is OC(=C(/C=C(\O)c1ccccc1)/C=C(\O)c1ccccc1)c1ccccc1. The van der Waals surface area contributed by atoms with E-state index in [1.165, 1.54) is 12.2 Å². The van der Waals surface area contributed by atoms with Crippen LogP contribution in [0.3, 0.4) is 0 Å². The Labute approximate surface area is 158 Å². The summed E-state index contributed by atoms with van der Waals surface area (Å²) in [6, 6.07) is 27.0. The van der Waals surface area contributed by atoms with E-state index in [-0.39, 0.29) is 17.3 Å². The van der Waals surface area contributed by atoms with Gasteiger partial charge in [0.25, 0.3) is 0 Å². The first-order valence-corrected chi connectivity index (χ1v) is 8.56. The van der Waals surface area contributed by atoms with Crippen molar-refractivity contribution in [1.82, 2.24) is 0 Å². The first kappa shape index (κ1) is 18.1. The molecule has 0 spiro atoms. The fourth-order valence-corrected chi connectivity index (χ4v) is 2.62. The fourth-order valence-electron chi connectivity index (χ4n) is 2.62. The molecule has 0 bridgehead atoms. The van der Waals surface area contributed by atoms with Crippen LogP contribution in [0.25, 0.3) is 17.3 Å². The summed E-state index contributed by atoms with van der Waals surface area (Å²) in [4.78, 5) is 0. The van der Waals surface area contributed by atoms with Crippen molar-refractivity contribution in [2.45, 2.75) is 0 Å². The van der Waals surface area contributed by atoms with Crippen LogP contribution in [-0.2, 0) is 0 Å².